The number of pyridine rings is 1. The minimum Gasteiger partial charge on any atom is -0.271 e. The molecule has 0 bridgehead atoms. The molecule has 1 atom stereocenters. The molecule has 2 aromatic rings. The standard InChI is InChI=1S/C12H10BrClFN3/c13-9-1-7(2-10(14)4-9)12(18-16)8-3-11(15)6-17-5-8/h1-6,12,18H,16H2. The highest BCUT2D eigenvalue weighted by atomic mass is 79.9. The van der Waals surface area contributed by atoms with Crippen molar-refractivity contribution in [1.82, 2.24) is 10.4 Å². The van der Waals surface area contributed by atoms with Crippen LogP contribution in [0.1, 0.15) is 17.2 Å². The van der Waals surface area contributed by atoms with Crippen molar-refractivity contribution in [1.29, 1.82) is 0 Å². The first-order chi connectivity index (χ1) is 8.60. The molecule has 3 N–H and O–H groups in total. The first-order valence-electron chi connectivity index (χ1n) is 5.12. The van der Waals surface area contributed by atoms with Crippen LogP contribution in [0, 0.1) is 5.82 Å². The molecule has 18 heavy (non-hydrogen) atoms. The third kappa shape index (κ3) is 3.05. The van der Waals surface area contributed by atoms with E-state index in [-0.39, 0.29) is 6.04 Å². The second-order valence-corrected chi connectivity index (χ2v) is 5.09. The Labute approximate surface area is 117 Å². The molecule has 0 amide bonds. The Morgan fingerprint density at radius 3 is 2.61 bits per heavy atom. The van der Waals surface area contributed by atoms with Crippen molar-refractivity contribution in [3.8, 4) is 0 Å². The highest BCUT2D eigenvalue weighted by Crippen LogP contribution is 2.27. The van der Waals surface area contributed by atoms with E-state index in [1.807, 2.05) is 6.07 Å². The number of nitrogens with one attached hydrogen (secondary N) is 1. The van der Waals surface area contributed by atoms with Crippen molar-refractivity contribution < 1.29 is 4.39 Å². The molecule has 0 radical (unpaired) electrons. The normalized spacial score (nSPS) is 12.4. The van der Waals surface area contributed by atoms with Crippen molar-refractivity contribution in [2.24, 2.45) is 5.84 Å². The number of rotatable bonds is 3. The van der Waals surface area contributed by atoms with Crippen molar-refractivity contribution in [2.75, 3.05) is 0 Å². The van der Waals surface area contributed by atoms with Gasteiger partial charge in [-0.1, -0.05) is 27.5 Å². The van der Waals surface area contributed by atoms with Gasteiger partial charge in [-0.05, 0) is 35.4 Å². The van der Waals surface area contributed by atoms with E-state index in [4.69, 9.17) is 17.4 Å². The molecule has 0 saturated heterocycles. The first kappa shape index (κ1) is 13.4. The number of benzene rings is 1. The summed E-state index contributed by atoms with van der Waals surface area (Å²) in [5, 5.41) is 0.573. The van der Waals surface area contributed by atoms with Crippen LogP contribution in [-0.2, 0) is 0 Å². The maximum atomic E-state index is 13.2. The number of hydrogen-bond donors (Lipinski definition) is 2. The van der Waals surface area contributed by atoms with Crippen LogP contribution >= 0.6 is 27.5 Å². The minimum atomic E-state index is -0.408. The van der Waals surface area contributed by atoms with E-state index >= 15 is 0 Å². The Balaban J connectivity index is 2.45. The summed E-state index contributed by atoms with van der Waals surface area (Å²) >= 11 is 9.34. The molecule has 3 nitrogen and oxygen atoms in total. The smallest absolute Gasteiger partial charge is 0.141 e. The topological polar surface area (TPSA) is 50.9 Å². The van der Waals surface area contributed by atoms with Crippen LogP contribution in [0.2, 0.25) is 5.02 Å². The van der Waals surface area contributed by atoms with Gasteiger partial charge in [-0.3, -0.25) is 10.8 Å². The van der Waals surface area contributed by atoms with Crippen LogP contribution in [0.15, 0.2) is 41.1 Å². The number of hydrogen-bond acceptors (Lipinski definition) is 3. The summed E-state index contributed by atoms with van der Waals surface area (Å²) in [6.07, 6.45) is 2.70. The second-order valence-electron chi connectivity index (χ2n) is 3.74. The highest BCUT2D eigenvalue weighted by Gasteiger charge is 2.14. The van der Waals surface area contributed by atoms with Gasteiger partial charge in [0, 0.05) is 15.7 Å². The molecule has 0 aliphatic rings. The molecule has 94 valence electrons. The number of hydrazine groups is 1. The maximum Gasteiger partial charge on any atom is 0.141 e. The largest absolute Gasteiger partial charge is 0.271 e. The maximum absolute atomic E-state index is 13.2. The zero-order valence-corrected chi connectivity index (χ0v) is 11.5. The van der Waals surface area contributed by atoms with E-state index in [1.165, 1.54) is 6.07 Å². The lowest BCUT2D eigenvalue weighted by molar-refractivity contribution is 0.598. The zero-order chi connectivity index (χ0) is 13.1. The number of aromatic nitrogens is 1. The van der Waals surface area contributed by atoms with Gasteiger partial charge in [0.15, 0.2) is 0 Å². The molecule has 0 aliphatic heterocycles. The molecular formula is C12H10BrClFN3. The zero-order valence-electron chi connectivity index (χ0n) is 9.20. The average molecular weight is 331 g/mol. The van der Waals surface area contributed by atoms with Gasteiger partial charge >= 0.3 is 0 Å². The van der Waals surface area contributed by atoms with Crippen LogP contribution in [0.5, 0.6) is 0 Å². The fraction of sp³-hybridized carbons (Fsp3) is 0.0833. The van der Waals surface area contributed by atoms with Gasteiger partial charge in [0.05, 0.1) is 12.2 Å². The van der Waals surface area contributed by atoms with Gasteiger partial charge in [0.1, 0.15) is 5.82 Å². The van der Waals surface area contributed by atoms with Crippen molar-refractivity contribution in [3.63, 3.8) is 0 Å². The van der Waals surface area contributed by atoms with E-state index in [9.17, 15) is 4.39 Å². The number of nitrogens with zero attached hydrogens (tertiary/aromatic N) is 1. The molecule has 0 saturated carbocycles. The van der Waals surface area contributed by atoms with E-state index in [0.29, 0.717) is 10.6 Å². The predicted molar refractivity (Wildman–Crippen MR) is 72.5 cm³/mol. The predicted octanol–water partition coefficient (Wildman–Crippen LogP) is 3.19. The summed E-state index contributed by atoms with van der Waals surface area (Å²) in [6, 6.07) is 6.40. The quantitative estimate of drug-likeness (QED) is 0.671. The minimum absolute atomic E-state index is 0.372. The third-order valence-electron chi connectivity index (χ3n) is 2.44. The number of nitrogens with two attached hydrogens (primary N) is 1. The molecular weight excluding hydrogens is 321 g/mol. The summed E-state index contributed by atoms with van der Waals surface area (Å²) in [5.74, 6) is 5.12. The van der Waals surface area contributed by atoms with Crippen LogP contribution < -0.4 is 11.3 Å². The lowest BCUT2D eigenvalue weighted by Crippen LogP contribution is -2.29. The molecule has 6 heteroatoms. The van der Waals surface area contributed by atoms with Gasteiger partial charge in [0.2, 0.25) is 0 Å². The monoisotopic (exact) mass is 329 g/mol. The molecule has 1 heterocycles. The fourth-order valence-corrected chi connectivity index (χ4v) is 2.60. The summed E-state index contributed by atoms with van der Waals surface area (Å²) in [4.78, 5) is 3.81. The SMILES string of the molecule is NNC(c1cncc(F)c1)c1cc(Cl)cc(Br)c1. The second kappa shape index (κ2) is 5.75. The lowest BCUT2D eigenvalue weighted by atomic mass is 10.0. The number of halogens is 3. The van der Waals surface area contributed by atoms with E-state index in [0.717, 1.165) is 16.2 Å². The summed E-state index contributed by atoms with van der Waals surface area (Å²) < 4.78 is 14.0. The molecule has 0 fully saturated rings. The fourth-order valence-electron chi connectivity index (χ4n) is 1.71. The van der Waals surface area contributed by atoms with Gasteiger partial charge in [-0.15, -0.1) is 0 Å². The molecule has 1 aromatic heterocycles. The Hall–Kier alpha value is -1.01. The summed E-state index contributed by atoms with van der Waals surface area (Å²) in [5.41, 5.74) is 4.08. The van der Waals surface area contributed by atoms with Crippen molar-refractivity contribution in [2.45, 2.75) is 6.04 Å². The van der Waals surface area contributed by atoms with E-state index < -0.39 is 5.82 Å². The van der Waals surface area contributed by atoms with Gasteiger partial charge in [0.25, 0.3) is 0 Å². The van der Waals surface area contributed by atoms with Gasteiger partial charge < -0.3 is 0 Å². The summed E-state index contributed by atoms with van der Waals surface area (Å²) in [7, 11) is 0. The third-order valence-corrected chi connectivity index (χ3v) is 3.12. The highest BCUT2D eigenvalue weighted by molar-refractivity contribution is 9.10. The van der Waals surface area contributed by atoms with E-state index in [1.54, 1.807) is 18.3 Å². The van der Waals surface area contributed by atoms with Crippen molar-refractivity contribution >= 4 is 27.5 Å². The average Bonchev–Trinajstić information content (AvgIpc) is 2.28. The Morgan fingerprint density at radius 1 is 1.22 bits per heavy atom. The van der Waals surface area contributed by atoms with Gasteiger partial charge in [-0.25, -0.2) is 9.82 Å². The molecule has 2 rings (SSSR count). The van der Waals surface area contributed by atoms with Crippen molar-refractivity contribution in [3.05, 3.63) is 63.1 Å². The molecule has 1 unspecified atom stereocenters. The van der Waals surface area contributed by atoms with Crippen LogP contribution in [0.3, 0.4) is 0 Å². The lowest BCUT2D eigenvalue weighted by Gasteiger charge is -2.17. The van der Waals surface area contributed by atoms with Crippen LogP contribution in [0.25, 0.3) is 0 Å². The molecule has 0 spiro atoms. The Bertz CT molecular complexity index is 545. The Morgan fingerprint density at radius 2 is 2.00 bits per heavy atom. The first-order valence-corrected chi connectivity index (χ1v) is 6.30. The van der Waals surface area contributed by atoms with Gasteiger partial charge in [-0.2, -0.15) is 0 Å². The van der Waals surface area contributed by atoms with E-state index in [2.05, 4.69) is 26.3 Å². The Kier molecular flexibility index (Phi) is 4.29. The van der Waals surface area contributed by atoms with Crippen LogP contribution in [0.4, 0.5) is 4.39 Å². The molecule has 0 aliphatic carbocycles. The van der Waals surface area contributed by atoms with Crippen LogP contribution in [-0.4, -0.2) is 4.98 Å². The summed E-state index contributed by atoms with van der Waals surface area (Å²) in [6.45, 7) is 0. The molecule has 1 aromatic carbocycles.